The lowest BCUT2D eigenvalue weighted by Crippen LogP contribution is -2.50. The molecule has 3 atom stereocenters. The maximum absolute atomic E-state index is 12.2. The first-order valence-corrected chi connectivity index (χ1v) is 9.65. The van der Waals surface area contributed by atoms with Crippen molar-refractivity contribution in [1.29, 1.82) is 0 Å². The molecule has 1 N–H and O–H groups in total. The van der Waals surface area contributed by atoms with E-state index in [9.17, 15) is 4.79 Å². The Hall–Kier alpha value is -1.19. The van der Waals surface area contributed by atoms with Crippen LogP contribution in [0.15, 0.2) is 30.3 Å². The molecule has 3 heteroatoms. The van der Waals surface area contributed by atoms with Crippen molar-refractivity contribution in [3.63, 3.8) is 0 Å². The van der Waals surface area contributed by atoms with E-state index in [4.69, 9.17) is 4.74 Å². The summed E-state index contributed by atoms with van der Waals surface area (Å²) in [5, 5.41) is 3.75. The normalized spacial score (nSPS) is 24.0. The van der Waals surface area contributed by atoms with E-state index in [1.54, 1.807) is 0 Å². The average Bonchev–Trinajstić information content (AvgIpc) is 2.62. The summed E-state index contributed by atoms with van der Waals surface area (Å²) in [7, 11) is 0. The van der Waals surface area contributed by atoms with Gasteiger partial charge in [0, 0.05) is 31.0 Å². The molecule has 0 aromatic heterocycles. The number of hydrogen-bond acceptors (Lipinski definition) is 3. The Morgan fingerprint density at radius 2 is 1.96 bits per heavy atom. The molecule has 1 aromatic rings. The first-order chi connectivity index (χ1) is 11.7. The van der Waals surface area contributed by atoms with Gasteiger partial charge in [0.2, 0.25) is 0 Å². The fourth-order valence-corrected chi connectivity index (χ4v) is 3.76. The second kappa shape index (κ2) is 10.6. The summed E-state index contributed by atoms with van der Waals surface area (Å²) >= 11 is 0. The maximum atomic E-state index is 12.2. The van der Waals surface area contributed by atoms with Gasteiger partial charge in [-0.3, -0.25) is 4.79 Å². The van der Waals surface area contributed by atoms with Gasteiger partial charge in [-0.1, -0.05) is 50.6 Å². The van der Waals surface area contributed by atoms with Crippen molar-refractivity contribution >= 4 is 5.78 Å². The molecular formula is C21H33NO2. The van der Waals surface area contributed by atoms with E-state index in [0.717, 1.165) is 32.3 Å². The number of rotatable bonds is 10. The SMILES string of the molecule is CCC[C@@H]1CC[C@@H](C(=O)CC)[C@H](CCCOCc2ccccc2)N1. The number of Topliss-reactive ketones (excluding diaryl/α,β-unsaturated/α-hetero) is 1. The van der Waals surface area contributed by atoms with Crippen LogP contribution in [0.25, 0.3) is 0 Å². The molecule has 1 aliphatic heterocycles. The predicted octanol–water partition coefficient (Wildman–Crippen LogP) is 4.50. The largest absolute Gasteiger partial charge is 0.377 e. The van der Waals surface area contributed by atoms with Crippen LogP contribution < -0.4 is 5.32 Å². The van der Waals surface area contributed by atoms with Crippen LogP contribution in [0.5, 0.6) is 0 Å². The molecule has 3 nitrogen and oxygen atoms in total. The monoisotopic (exact) mass is 331 g/mol. The Kier molecular flexibility index (Phi) is 8.48. The number of ketones is 1. The van der Waals surface area contributed by atoms with Crippen LogP contribution in [0.4, 0.5) is 0 Å². The molecule has 0 aliphatic carbocycles. The van der Waals surface area contributed by atoms with E-state index in [-0.39, 0.29) is 5.92 Å². The molecule has 1 aromatic carbocycles. The number of hydrogen-bond donors (Lipinski definition) is 1. The maximum Gasteiger partial charge on any atom is 0.137 e. The summed E-state index contributed by atoms with van der Waals surface area (Å²) in [5.41, 5.74) is 1.22. The van der Waals surface area contributed by atoms with Crippen molar-refractivity contribution in [2.24, 2.45) is 5.92 Å². The number of piperidine rings is 1. The number of benzene rings is 1. The quantitative estimate of drug-likeness (QED) is 0.642. The topological polar surface area (TPSA) is 38.3 Å². The summed E-state index contributed by atoms with van der Waals surface area (Å²) in [6.07, 6.45) is 7.32. The van der Waals surface area contributed by atoms with Gasteiger partial charge < -0.3 is 10.1 Å². The number of nitrogens with one attached hydrogen (secondary N) is 1. The van der Waals surface area contributed by atoms with Crippen LogP contribution in [0.2, 0.25) is 0 Å². The van der Waals surface area contributed by atoms with E-state index in [2.05, 4.69) is 24.4 Å². The molecular weight excluding hydrogens is 298 g/mol. The Morgan fingerprint density at radius 3 is 2.67 bits per heavy atom. The number of carbonyl (C=O) groups excluding carboxylic acids is 1. The highest BCUT2D eigenvalue weighted by Gasteiger charge is 2.32. The highest BCUT2D eigenvalue weighted by Crippen LogP contribution is 2.26. The minimum absolute atomic E-state index is 0.206. The van der Waals surface area contributed by atoms with Crippen molar-refractivity contribution in [1.82, 2.24) is 5.32 Å². The second-order valence-electron chi connectivity index (χ2n) is 6.94. The molecule has 1 fully saturated rings. The molecule has 0 bridgehead atoms. The summed E-state index contributed by atoms with van der Waals surface area (Å²) in [5.74, 6) is 0.630. The standard InChI is InChI=1S/C21H33NO2/c1-3-9-18-13-14-19(21(23)4-2)20(22-18)12-8-15-24-16-17-10-6-5-7-11-17/h5-7,10-11,18-20,22H,3-4,8-9,12-16H2,1-2H3/t18-,19-,20+/m1/s1. The van der Waals surface area contributed by atoms with Crippen molar-refractivity contribution < 1.29 is 9.53 Å². The molecule has 1 heterocycles. The Balaban J connectivity index is 1.74. The highest BCUT2D eigenvalue weighted by atomic mass is 16.5. The van der Waals surface area contributed by atoms with Crippen molar-refractivity contribution in [3.05, 3.63) is 35.9 Å². The Bertz CT molecular complexity index is 474. The summed E-state index contributed by atoms with van der Waals surface area (Å²) in [4.78, 5) is 12.2. The minimum Gasteiger partial charge on any atom is -0.377 e. The van der Waals surface area contributed by atoms with Gasteiger partial charge in [-0.05, 0) is 37.7 Å². The van der Waals surface area contributed by atoms with Gasteiger partial charge in [-0.25, -0.2) is 0 Å². The molecule has 0 amide bonds. The smallest absolute Gasteiger partial charge is 0.137 e. The van der Waals surface area contributed by atoms with Crippen LogP contribution in [-0.2, 0) is 16.1 Å². The van der Waals surface area contributed by atoms with Crippen LogP contribution >= 0.6 is 0 Å². The summed E-state index contributed by atoms with van der Waals surface area (Å²) in [6.45, 7) is 5.66. The van der Waals surface area contributed by atoms with Crippen LogP contribution in [0, 0.1) is 5.92 Å². The summed E-state index contributed by atoms with van der Waals surface area (Å²) < 4.78 is 5.79. The van der Waals surface area contributed by atoms with Crippen molar-refractivity contribution in [2.75, 3.05) is 6.61 Å². The molecule has 1 saturated heterocycles. The third-order valence-corrected chi connectivity index (χ3v) is 5.08. The van der Waals surface area contributed by atoms with Crippen molar-refractivity contribution in [3.8, 4) is 0 Å². The molecule has 0 saturated carbocycles. The minimum atomic E-state index is 0.206. The van der Waals surface area contributed by atoms with Gasteiger partial charge in [0.15, 0.2) is 0 Å². The van der Waals surface area contributed by atoms with E-state index >= 15 is 0 Å². The number of ether oxygens (including phenoxy) is 1. The molecule has 0 spiro atoms. The lowest BCUT2D eigenvalue weighted by molar-refractivity contribution is -0.124. The summed E-state index contributed by atoms with van der Waals surface area (Å²) in [6, 6.07) is 11.2. The van der Waals surface area contributed by atoms with Gasteiger partial charge >= 0.3 is 0 Å². The Labute approximate surface area is 147 Å². The molecule has 134 valence electrons. The predicted molar refractivity (Wildman–Crippen MR) is 99.0 cm³/mol. The van der Waals surface area contributed by atoms with E-state index in [0.29, 0.717) is 30.9 Å². The van der Waals surface area contributed by atoms with Crippen LogP contribution in [-0.4, -0.2) is 24.5 Å². The van der Waals surface area contributed by atoms with Crippen LogP contribution in [0.3, 0.4) is 0 Å². The lowest BCUT2D eigenvalue weighted by Gasteiger charge is -2.37. The van der Waals surface area contributed by atoms with Gasteiger partial charge in [-0.15, -0.1) is 0 Å². The van der Waals surface area contributed by atoms with Gasteiger partial charge in [-0.2, -0.15) is 0 Å². The van der Waals surface area contributed by atoms with Crippen LogP contribution in [0.1, 0.15) is 64.4 Å². The van der Waals surface area contributed by atoms with E-state index in [1.807, 2.05) is 25.1 Å². The fraction of sp³-hybridized carbons (Fsp3) is 0.667. The zero-order valence-electron chi connectivity index (χ0n) is 15.3. The van der Waals surface area contributed by atoms with E-state index < -0.39 is 0 Å². The average molecular weight is 331 g/mol. The number of carbonyl (C=O) groups is 1. The third kappa shape index (κ3) is 6.03. The third-order valence-electron chi connectivity index (χ3n) is 5.08. The second-order valence-corrected chi connectivity index (χ2v) is 6.94. The van der Waals surface area contributed by atoms with Gasteiger partial charge in [0.05, 0.1) is 6.61 Å². The molecule has 0 radical (unpaired) electrons. The molecule has 24 heavy (non-hydrogen) atoms. The van der Waals surface area contributed by atoms with Crippen molar-refractivity contribution in [2.45, 2.75) is 77.5 Å². The zero-order chi connectivity index (χ0) is 17.2. The lowest BCUT2D eigenvalue weighted by atomic mass is 9.81. The molecule has 0 unspecified atom stereocenters. The first kappa shape index (κ1) is 19.1. The fourth-order valence-electron chi connectivity index (χ4n) is 3.76. The molecule has 1 aliphatic rings. The molecule has 2 rings (SSSR count). The Morgan fingerprint density at radius 1 is 1.17 bits per heavy atom. The van der Waals surface area contributed by atoms with Gasteiger partial charge in [0.1, 0.15) is 5.78 Å². The zero-order valence-corrected chi connectivity index (χ0v) is 15.3. The first-order valence-electron chi connectivity index (χ1n) is 9.65. The van der Waals surface area contributed by atoms with E-state index in [1.165, 1.54) is 18.4 Å². The highest BCUT2D eigenvalue weighted by molar-refractivity contribution is 5.81. The van der Waals surface area contributed by atoms with Gasteiger partial charge in [0.25, 0.3) is 0 Å².